The topological polar surface area (TPSA) is 75.6 Å². The lowest BCUT2D eigenvalue weighted by atomic mass is 10.3. The summed E-state index contributed by atoms with van der Waals surface area (Å²) in [6.07, 6.45) is 3.07. The number of sulfonamides is 1. The molecule has 0 heterocycles. The molecule has 1 saturated carbocycles. The summed E-state index contributed by atoms with van der Waals surface area (Å²) in [6.45, 7) is 0. The van der Waals surface area contributed by atoms with Crippen molar-refractivity contribution in [1.82, 2.24) is 4.72 Å². The van der Waals surface area contributed by atoms with Gasteiger partial charge in [-0.1, -0.05) is 12.1 Å². The molecule has 0 saturated heterocycles. The zero-order chi connectivity index (χ0) is 11.6. The van der Waals surface area contributed by atoms with Crippen molar-refractivity contribution in [2.24, 2.45) is 4.99 Å². The van der Waals surface area contributed by atoms with Crippen molar-refractivity contribution in [3.05, 3.63) is 24.3 Å². The van der Waals surface area contributed by atoms with Crippen LogP contribution < -0.4 is 4.72 Å². The maximum atomic E-state index is 11.9. The van der Waals surface area contributed by atoms with E-state index in [9.17, 15) is 13.2 Å². The second-order valence-electron chi connectivity index (χ2n) is 3.57. The fourth-order valence-corrected chi connectivity index (χ4v) is 2.76. The van der Waals surface area contributed by atoms with Crippen LogP contribution in [0.25, 0.3) is 0 Å². The van der Waals surface area contributed by atoms with Gasteiger partial charge in [0.1, 0.15) is 4.90 Å². The Morgan fingerprint density at radius 2 is 2.00 bits per heavy atom. The number of nitrogens with one attached hydrogen (secondary N) is 1. The fraction of sp³-hybridized carbons (Fsp3) is 0.300. The Hall–Kier alpha value is -1.49. The first-order valence-corrected chi connectivity index (χ1v) is 6.31. The van der Waals surface area contributed by atoms with Crippen LogP contribution in [0, 0.1) is 0 Å². The maximum Gasteiger partial charge on any atom is 0.242 e. The number of carbonyl (C=O) groups excluding carboxylic acids is 1. The minimum absolute atomic E-state index is 0.0188. The molecule has 2 rings (SSSR count). The summed E-state index contributed by atoms with van der Waals surface area (Å²) >= 11 is 0. The summed E-state index contributed by atoms with van der Waals surface area (Å²) in [6, 6.07) is 6.11. The second-order valence-corrected chi connectivity index (χ2v) is 5.25. The lowest BCUT2D eigenvalue weighted by molar-refractivity contribution is 0.565. The normalized spacial score (nSPS) is 15.5. The first-order chi connectivity index (χ1) is 7.63. The quantitative estimate of drug-likeness (QED) is 0.630. The highest BCUT2D eigenvalue weighted by Gasteiger charge is 2.29. The SMILES string of the molecule is O=C=Nc1ccccc1S(=O)(=O)NC1CC1. The van der Waals surface area contributed by atoms with Crippen molar-refractivity contribution in [3.63, 3.8) is 0 Å². The number of benzene rings is 1. The molecule has 0 bridgehead atoms. The van der Waals surface area contributed by atoms with Crippen molar-refractivity contribution in [2.75, 3.05) is 0 Å². The summed E-state index contributed by atoms with van der Waals surface area (Å²) in [5.74, 6) is 0. The van der Waals surface area contributed by atoms with E-state index in [1.807, 2.05) is 0 Å². The van der Waals surface area contributed by atoms with Gasteiger partial charge in [0, 0.05) is 6.04 Å². The summed E-state index contributed by atoms with van der Waals surface area (Å²) in [7, 11) is -3.57. The highest BCUT2D eigenvalue weighted by atomic mass is 32.2. The number of rotatable bonds is 4. The summed E-state index contributed by atoms with van der Waals surface area (Å²) in [5, 5.41) is 0. The van der Waals surface area contributed by atoms with Crippen LogP contribution in [-0.2, 0) is 14.8 Å². The van der Waals surface area contributed by atoms with E-state index in [0.717, 1.165) is 12.8 Å². The van der Waals surface area contributed by atoms with E-state index >= 15 is 0 Å². The molecule has 5 nitrogen and oxygen atoms in total. The van der Waals surface area contributed by atoms with Gasteiger partial charge >= 0.3 is 0 Å². The molecule has 84 valence electrons. The smallest absolute Gasteiger partial charge is 0.211 e. The van der Waals surface area contributed by atoms with E-state index < -0.39 is 10.0 Å². The Kier molecular flexibility index (Phi) is 2.87. The van der Waals surface area contributed by atoms with Gasteiger partial charge in [-0.25, -0.2) is 17.9 Å². The fourth-order valence-electron chi connectivity index (χ4n) is 1.31. The Morgan fingerprint density at radius 3 is 2.62 bits per heavy atom. The van der Waals surface area contributed by atoms with Crippen molar-refractivity contribution in [2.45, 2.75) is 23.8 Å². The van der Waals surface area contributed by atoms with Gasteiger partial charge in [-0.15, -0.1) is 0 Å². The van der Waals surface area contributed by atoms with Crippen molar-refractivity contribution in [1.29, 1.82) is 0 Å². The molecule has 1 aromatic rings. The number of isocyanates is 1. The van der Waals surface area contributed by atoms with Crippen LogP contribution in [0.4, 0.5) is 5.69 Å². The molecular weight excluding hydrogens is 228 g/mol. The van der Waals surface area contributed by atoms with Gasteiger partial charge in [-0.3, -0.25) is 0 Å². The molecule has 16 heavy (non-hydrogen) atoms. The lowest BCUT2D eigenvalue weighted by Gasteiger charge is -2.06. The van der Waals surface area contributed by atoms with Crippen LogP contribution in [0.3, 0.4) is 0 Å². The zero-order valence-corrected chi connectivity index (χ0v) is 9.20. The molecule has 0 radical (unpaired) electrons. The number of hydrogen-bond donors (Lipinski definition) is 1. The zero-order valence-electron chi connectivity index (χ0n) is 8.38. The van der Waals surface area contributed by atoms with Crippen molar-refractivity contribution in [3.8, 4) is 0 Å². The molecule has 0 unspecified atom stereocenters. The monoisotopic (exact) mass is 238 g/mol. The molecule has 0 atom stereocenters. The van der Waals surface area contributed by atoms with Crippen LogP contribution in [0.15, 0.2) is 34.2 Å². The molecule has 1 aliphatic rings. The van der Waals surface area contributed by atoms with E-state index in [0.29, 0.717) is 0 Å². The largest absolute Gasteiger partial charge is 0.242 e. The molecule has 0 spiro atoms. The molecule has 0 amide bonds. The summed E-state index contributed by atoms with van der Waals surface area (Å²) in [4.78, 5) is 13.6. The molecule has 1 aromatic carbocycles. The second kappa shape index (κ2) is 4.17. The Bertz CT molecular complexity index is 543. The number of para-hydroxylation sites is 1. The molecule has 1 aliphatic carbocycles. The van der Waals surface area contributed by atoms with Crippen molar-refractivity contribution >= 4 is 21.8 Å². The van der Waals surface area contributed by atoms with Crippen LogP contribution >= 0.6 is 0 Å². The van der Waals surface area contributed by atoms with Crippen molar-refractivity contribution < 1.29 is 13.2 Å². The molecular formula is C10H10N2O3S. The van der Waals surface area contributed by atoms with Gasteiger partial charge in [0.15, 0.2) is 0 Å². The number of hydrogen-bond acceptors (Lipinski definition) is 4. The van der Waals surface area contributed by atoms with E-state index in [2.05, 4.69) is 9.71 Å². The third-order valence-electron chi connectivity index (χ3n) is 2.22. The Labute approximate surface area is 93.3 Å². The third kappa shape index (κ3) is 2.36. The minimum atomic E-state index is -3.57. The summed E-state index contributed by atoms with van der Waals surface area (Å²) < 4.78 is 26.3. The highest BCUT2D eigenvalue weighted by Crippen LogP contribution is 2.26. The van der Waals surface area contributed by atoms with E-state index in [4.69, 9.17) is 0 Å². The molecule has 6 heteroatoms. The first-order valence-electron chi connectivity index (χ1n) is 4.83. The molecule has 1 N–H and O–H groups in total. The minimum Gasteiger partial charge on any atom is -0.211 e. The van der Waals surface area contributed by atoms with E-state index in [-0.39, 0.29) is 16.6 Å². The highest BCUT2D eigenvalue weighted by molar-refractivity contribution is 7.89. The van der Waals surface area contributed by atoms with E-state index in [1.54, 1.807) is 12.1 Å². The Balaban J connectivity index is 2.41. The molecule has 0 aromatic heterocycles. The standard InChI is InChI=1S/C10H10N2O3S/c13-7-11-9-3-1-2-4-10(9)16(14,15)12-8-5-6-8/h1-4,8,12H,5-6H2. The average molecular weight is 238 g/mol. The first kappa shape index (κ1) is 11.0. The van der Waals surface area contributed by atoms with Crippen LogP contribution in [0.2, 0.25) is 0 Å². The predicted molar refractivity (Wildman–Crippen MR) is 57.6 cm³/mol. The average Bonchev–Trinajstić information content (AvgIpc) is 3.02. The van der Waals surface area contributed by atoms with E-state index in [1.165, 1.54) is 18.2 Å². The van der Waals surface area contributed by atoms with Gasteiger partial charge in [-0.2, -0.15) is 4.99 Å². The number of aliphatic imine (C=N–C) groups is 1. The molecule has 1 fully saturated rings. The predicted octanol–water partition coefficient (Wildman–Crippen LogP) is 1.09. The van der Waals surface area contributed by atoms with Gasteiger partial charge in [0.25, 0.3) is 0 Å². The Morgan fingerprint density at radius 1 is 1.31 bits per heavy atom. The van der Waals surface area contributed by atoms with Gasteiger partial charge in [0.2, 0.25) is 16.1 Å². The van der Waals surface area contributed by atoms with Gasteiger partial charge in [0.05, 0.1) is 5.69 Å². The maximum absolute atomic E-state index is 11.9. The number of nitrogens with zero attached hydrogens (tertiary/aromatic N) is 1. The van der Waals surface area contributed by atoms with Crippen LogP contribution in [0.5, 0.6) is 0 Å². The third-order valence-corrected chi connectivity index (χ3v) is 3.79. The summed E-state index contributed by atoms with van der Waals surface area (Å²) in [5.41, 5.74) is 0.116. The lowest BCUT2D eigenvalue weighted by Crippen LogP contribution is -2.25. The van der Waals surface area contributed by atoms with Crippen LogP contribution in [-0.4, -0.2) is 20.5 Å². The molecule has 0 aliphatic heterocycles. The van der Waals surface area contributed by atoms with Crippen LogP contribution in [0.1, 0.15) is 12.8 Å². The van der Waals surface area contributed by atoms with Gasteiger partial charge in [-0.05, 0) is 25.0 Å². The van der Waals surface area contributed by atoms with Gasteiger partial charge < -0.3 is 0 Å².